The van der Waals surface area contributed by atoms with Gasteiger partial charge in [0, 0.05) is 0 Å². The Morgan fingerprint density at radius 2 is 0.960 bits per heavy atom. The van der Waals surface area contributed by atoms with Crippen molar-refractivity contribution in [3.8, 4) is 0 Å². The molecule has 0 saturated carbocycles. The van der Waals surface area contributed by atoms with Gasteiger partial charge in [-0.2, -0.15) is 0 Å². The van der Waals surface area contributed by atoms with Crippen LogP contribution >= 0.6 is 0 Å². The van der Waals surface area contributed by atoms with Crippen molar-refractivity contribution in [3.63, 3.8) is 0 Å². The van der Waals surface area contributed by atoms with Gasteiger partial charge >= 0.3 is 0 Å². The maximum atomic E-state index is 8.71. The molecule has 150 valence electrons. The van der Waals surface area contributed by atoms with Crippen molar-refractivity contribution in [2.24, 2.45) is 0 Å². The molecule has 3 nitrogen and oxygen atoms in total. The second-order valence-corrected chi connectivity index (χ2v) is 6.69. The fourth-order valence-corrected chi connectivity index (χ4v) is 2.77. The molecule has 0 radical (unpaired) electrons. The molecule has 0 bridgehead atoms. The van der Waals surface area contributed by atoms with E-state index in [-0.39, 0.29) is 0 Å². The maximum absolute atomic E-state index is 8.71. The van der Waals surface area contributed by atoms with E-state index in [4.69, 9.17) is 10.2 Å². The van der Waals surface area contributed by atoms with Crippen molar-refractivity contribution >= 4 is 0 Å². The number of hydrogen-bond acceptors (Lipinski definition) is 3. The van der Waals surface area contributed by atoms with E-state index in [1.54, 1.807) is 0 Å². The molecule has 0 saturated heterocycles. The highest BCUT2D eigenvalue weighted by Crippen LogP contribution is 2.13. The van der Waals surface area contributed by atoms with Crippen LogP contribution in [0.4, 0.5) is 0 Å². The second kappa shape index (κ2) is 25.4. The Kier molecular flexibility index (Phi) is 26.9. The first-order valence-corrected chi connectivity index (χ1v) is 10.4. The van der Waals surface area contributed by atoms with Gasteiger partial charge in [-0.1, -0.05) is 110 Å². The van der Waals surface area contributed by atoms with Crippen LogP contribution in [0.3, 0.4) is 0 Å². The first-order chi connectivity index (χ1) is 12.2. The van der Waals surface area contributed by atoms with Crippen molar-refractivity contribution < 1.29 is 14.9 Å². The van der Waals surface area contributed by atoms with Gasteiger partial charge < -0.3 is 14.9 Å². The van der Waals surface area contributed by atoms with Crippen molar-refractivity contribution in [3.05, 3.63) is 25.7 Å². The molecule has 0 atom stereocenters. The number of rotatable bonds is 18. The zero-order valence-electron chi connectivity index (χ0n) is 16.8. The third-order valence-corrected chi connectivity index (χ3v) is 4.26. The van der Waals surface area contributed by atoms with E-state index in [1.165, 1.54) is 96.0 Å². The molecule has 25 heavy (non-hydrogen) atoms. The Morgan fingerprint density at radius 3 is 1.20 bits per heavy atom. The van der Waals surface area contributed by atoms with Crippen LogP contribution in [0.15, 0.2) is 25.7 Å². The first kappa shape index (κ1) is 26.4. The molecule has 0 spiro atoms. The normalized spacial score (nSPS) is 10.2. The fraction of sp³-hybridized carbons (Fsp3) is 0.818. The topological polar surface area (TPSA) is 49.7 Å². The van der Waals surface area contributed by atoms with Crippen LogP contribution in [0.25, 0.3) is 0 Å². The zero-order chi connectivity index (χ0) is 19.0. The molecular weight excluding hydrogens is 312 g/mol. The van der Waals surface area contributed by atoms with Crippen molar-refractivity contribution in [2.45, 2.75) is 116 Å². The van der Waals surface area contributed by atoms with Crippen LogP contribution in [0.2, 0.25) is 0 Å². The Morgan fingerprint density at radius 1 is 0.640 bits per heavy atom. The highest BCUT2D eigenvalue weighted by molar-refractivity contribution is 4.57. The minimum Gasteiger partial charge on any atom is -0.474 e. The summed E-state index contributed by atoms with van der Waals surface area (Å²) < 4.78 is 4.36. The van der Waals surface area contributed by atoms with Gasteiger partial charge in [0.15, 0.2) is 6.29 Å². The number of aliphatic hydroxyl groups is 2. The summed E-state index contributed by atoms with van der Waals surface area (Å²) in [6, 6.07) is 0. The molecule has 2 N–H and O–H groups in total. The van der Waals surface area contributed by atoms with Gasteiger partial charge in [0.05, 0.1) is 12.5 Å². The standard InChI is InChI=1S/C18H38O2.C4H6O/c1-2-3-4-5-6-7-8-9-10-11-12-13-14-15-16-17-18(19)20;1-3-5-4-2/h18-20H,2-17H2,1H3;3-4H,1-2H2. The van der Waals surface area contributed by atoms with Gasteiger partial charge in [-0.05, 0) is 12.8 Å². The molecule has 0 aromatic rings. The van der Waals surface area contributed by atoms with Gasteiger partial charge in [-0.3, -0.25) is 0 Å². The van der Waals surface area contributed by atoms with Crippen LogP contribution in [-0.2, 0) is 4.74 Å². The first-order valence-electron chi connectivity index (χ1n) is 10.4. The smallest absolute Gasteiger partial charge is 0.151 e. The highest BCUT2D eigenvalue weighted by Gasteiger charge is 1.97. The summed E-state index contributed by atoms with van der Waals surface area (Å²) in [5.41, 5.74) is 0. The summed E-state index contributed by atoms with van der Waals surface area (Å²) in [5, 5.41) is 17.4. The van der Waals surface area contributed by atoms with Gasteiger partial charge in [-0.15, -0.1) is 0 Å². The Labute approximate surface area is 157 Å². The van der Waals surface area contributed by atoms with Crippen molar-refractivity contribution in [1.82, 2.24) is 0 Å². The highest BCUT2D eigenvalue weighted by atomic mass is 16.5. The third-order valence-electron chi connectivity index (χ3n) is 4.26. The summed E-state index contributed by atoms with van der Waals surface area (Å²) in [4.78, 5) is 0. The SMILES string of the molecule is C=COC=C.CCCCCCCCCCCCCCCCCC(O)O. The van der Waals surface area contributed by atoms with E-state index < -0.39 is 6.29 Å². The van der Waals surface area contributed by atoms with Crippen LogP contribution in [0.5, 0.6) is 0 Å². The summed E-state index contributed by atoms with van der Waals surface area (Å²) in [6.45, 7) is 8.79. The molecule has 0 aliphatic heterocycles. The van der Waals surface area contributed by atoms with Crippen LogP contribution in [0.1, 0.15) is 110 Å². The number of ether oxygens (including phenoxy) is 1. The van der Waals surface area contributed by atoms with Gasteiger partial charge in [0.2, 0.25) is 0 Å². The molecular formula is C22H44O3. The van der Waals surface area contributed by atoms with Crippen molar-refractivity contribution in [1.29, 1.82) is 0 Å². The Bertz CT molecular complexity index is 246. The summed E-state index contributed by atoms with van der Waals surface area (Å²) in [5.74, 6) is 0. The van der Waals surface area contributed by atoms with Gasteiger partial charge in [0.25, 0.3) is 0 Å². The minimum atomic E-state index is -1.10. The summed E-state index contributed by atoms with van der Waals surface area (Å²) in [7, 11) is 0. The van der Waals surface area contributed by atoms with E-state index >= 15 is 0 Å². The molecule has 0 aliphatic carbocycles. The van der Waals surface area contributed by atoms with Gasteiger partial charge in [0.1, 0.15) is 0 Å². The summed E-state index contributed by atoms with van der Waals surface area (Å²) >= 11 is 0. The lowest BCUT2D eigenvalue weighted by molar-refractivity contribution is -0.0466. The molecule has 0 aromatic carbocycles. The minimum absolute atomic E-state index is 0.540. The number of hydrogen-bond donors (Lipinski definition) is 2. The predicted octanol–water partition coefficient (Wildman–Crippen LogP) is 6.85. The number of unbranched alkanes of at least 4 members (excludes halogenated alkanes) is 14. The lowest BCUT2D eigenvalue weighted by atomic mass is 10.0. The van der Waals surface area contributed by atoms with Crippen LogP contribution in [0, 0.1) is 0 Å². The van der Waals surface area contributed by atoms with Gasteiger partial charge in [-0.25, -0.2) is 0 Å². The van der Waals surface area contributed by atoms with E-state index in [9.17, 15) is 0 Å². The molecule has 0 amide bonds. The fourth-order valence-electron chi connectivity index (χ4n) is 2.77. The Balaban J connectivity index is 0. The van der Waals surface area contributed by atoms with E-state index in [2.05, 4.69) is 24.8 Å². The molecule has 0 fully saturated rings. The molecule has 0 rings (SSSR count). The second-order valence-electron chi connectivity index (χ2n) is 6.69. The zero-order valence-corrected chi connectivity index (χ0v) is 16.8. The molecule has 3 heteroatoms. The maximum Gasteiger partial charge on any atom is 0.151 e. The quantitative estimate of drug-likeness (QED) is 0.160. The molecule has 0 heterocycles. The van der Waals surface area contributed by atoms with Crippen LogP contribution in [-0.4, -0.2) is 16.5 Å². The monoisotopic (exact) mass is 356 g/mol. The predicted molar refractivity (Wildman–Crippen MR) is 109 cm³/mol. The summed E-state index contributed by atoms with van der Waals surface area (Å²) in [6.07, 6.45) is 22.3. The Hall–Kier alpha value is -0.800. The molecule has 0 aromatic heterocycles. The average molecular weight is 357 g/mol. The third kappa shape index (κ3) is 31.5. The van der Waals surface area contributed by atoms with E-state index in [1.807, 2.05) is 0 Å². The van der Waals surface area contributed by atoms with Crippen LogP contribution < -0.4 is 0 Å². The number of aliphatic hydroxyl groups excluding tert-OH is 1. The van der Waals surface area contributed by atoms with Crippen molar-refractivity contribution in [2.75, 3.05) is 0 Å². The largest absolute Gasteiger partial charge is 0.474 e. The van der Waals surface area contributed by atoms with E-state index in [0.717, 1.165) is 12.8 Å². The molecule has 0 unspecified atom stereocenters. The lowest BCUT2D eigenvalue weighted by Gasteiger charge is -2.04. The van der Waals surface area contributed by atoms with E-state index in [0.29, 0.717) is 6.42 Å². The molecule has 0 aliphatic rings. The lowest BCUT2D eigenvalue weighted by Crippen LogP contribution is -2.02. The average Bonchev–Trinajstić information content (AvgIpc) is 2.59.